The van der Waals surface area contributed by atoms with Crippen molar-refractivity contribution in [2.24, 2.45) is 5.41 Å². The molecule has 2 heterocycles. The van der Waals surface area contributed by atoms with Crippen molar-refractivity contribution >= 4 is 28.8 Å². The number of fused-ring (bicyclic) bond motifs is 1. The number of para-hydroxylation sites is 1. The van der Waals surface area contributed by atoms with E-state index in [1.807, 2.05) is 90.9 Å². The van der Waals surface area contributed by atoms with Gasteiger partial charge >= 0.3 is 6.09 Å². The van der Waals surface area contributed by atoms with Crippen molar-refractivity contribution < 1.29 is 19.1 Å². The molecule has 190 valence electrons. The van der Waals surface area contributed by atoms with Gasteiger partial charge in [-0.05, 0) is 45.9 Å². The molecular formula is C29H35N3O4. The van der Waals surface area contributed by atoms with Crippen molar-refractivity contribution in [3.05, 3.63) is 71.9 Å². The van der Waals surface area contributed by atoms with Gasteiger partial charge in [0.1, 0.15) is 17.3 Å². The minimum absolute atomic E-state index is 0.205. The van der Waals surface area contributed by atoms with E-state index in [-0.39, 0.29) is 11.8 Å². The van der Waals surface area contributed by atoms with Gasteiger partial charge in [0.2, 0.25) is 0 Å². The van der Waals surface area contributed by atoms with E-state index in [0.717, 1.165) is 5.39 Å². The topological polar surface area (TPSA) is 71.9 Å². The summed E-state index contributed by atoms with van der Waals surface area (Å²) in [5.41, 5.74) is -0.389. The molecule has 1 fully saturated rings. The van der Waals surface area contributed by atoms with Gasteiger partial charge in [-0.3, -0.25) is 19.1 Å². The first-order valence-electron chi connectivity index (χ1n) is 12.2. The zero-order valence-corrected chi connectivity index (χ0v) is 22.3. The van der Waals surface area contributed by atoms with Gasteiger partial charge in [-0.1, -0.05) is 57.2 Å². The predicted octanol–water partition coefficient (Wildman–Crippen LogP) is 5.84. The fraction of sp³-hybridized carbons (Fsp3) is 0.414. The Labute approximate surface area is 212 Å². The molecule has 2 aromatic carbocycles. The van der Waals surface area contributed by atoms with Crippen LogP contribution in [-0.4, -0.2) is 50.6 Å². The number of ether oxygens (including phenoxy) is 1. The lowest BCUT2D eigenvalue weighted by atomic mass is 9.79. The van der Waals surface area contributed by atoms with Crippen LogP contribution in [0, 0.1) is 5.41 Å². The Morgan fingerprint density at radius 1 is 0.917 bits per heavy atom. The van der Waals surface area contributed by atoms with Crippen LogP contribution in [0.15, 0.2) is 60.8 Å². The van der Waals surface area contributed by atoms with Gasteiger partial charge < -0.3 is 9.64 Å². The number of benzene rings is 2. The average Bonchev–Trinajstić information content (AvgIpc) is 3.27. The fourth-order valence-corrected chi connectivity index (χ4v) is 4.98. The van der Waals surface area contributed by atoms with Gasteiger partial charge in [-0.15, -0.1) is 0 Å². The Hall–Kier alpha value is -3.61. The third-order valence-corrected chi connectivity index (χ3v) is 7.23. The number of carbonyl (C=O) groups is 3. The van der Waals surface area contributed by atoms with Crippen molar-refractivity contribution in [1.82, 2.24) is 14.4 Å². The van der Waals surface area contributed by atoms with Gasteiger partial charge in [0.25, 0.3) is 11.8 Å². The second-order valence-corrected chi connectivity index (χ2v) is 11.6. The molecule has 7 heteroatoms. The maximum atomic E-state index is 14.1. The monoisotopic (exact) mass is 489 g/mol. The van der Waals surface area contributed by atoms with Gasteiger partial charge in [-0.2, -0.15) is 0 Å². The molecule has 1 aliphatic heterocycles. The number of carbonyl (C=O) groups excluding carboxylic acids is 3. The lowest BCUT2D eigenvalue weighted by Crippen LogP contribution is -2.60. The Morgan fingerprint density at radius 2 is 1.50 bits per heavy atom. The van der Waals surface area contributed by atoms with Crippen molar-refractivity contribution in [3.8, 4) is 0 Å². The molecule has 0 N–H and O–H groups in total. The van der Waals surface area contributed by atoms with Crippen LogP contribution in [0.2, 0.25) is 0 Å². The Kier molecular flexibility index (Phi) is 6.02. The summed E-state index contributed by atoms with van der Waals surface area (Å²) in [6.45, 7) is 13.4. The minimum Gasteiger partial charge on any atom is -0.443 e. The molecule has 1 aromatic heterocycles. The lowest BCUT2D eigenvalue weighted by molar-refractivity contribution is -0.133. The average molecular weight is 490 g/mol. The number of rotatable bonds is 2. The summed E-state index contributed by atoms with van der Waals surface area (Å²) in [6, 6.07) is 15.5. The third kappa shape index (κ3) is 3.96. The molecule has 3 aromatic rings. The van der Waals surface area contributed by atoms with Crippen molar-refractivity contribution in [3.63, 3.8) is 0 Å². The number of amides is 2. The van der Waals surface area contributed by atoms with Gasteiger partial charge in [0.05, 0.1) is 5.52 Å². The number of hydrogen-bond donors (Lipinski definition) is 0. The van der Waals surface area contributed by atoms with E-state index in [1.54, 1.807) is 35.2 Å². The SMILES string of the molecule is CN1C(=O)[C@H](c2cn(C(=O)OC(C)(C)C)c3ccccc23)N(C(=O)c2ccccc2)[C@]1(C)C(C)(C)C. The van der Waals surface area contributed by atoms with E-state index < -0.39 is 28.8 Å². The summed E-state index contributed by atoms with van der Waals surface area (Å²) in [5.74, 6) is -0.450. The summed E-state index contributed by atoms with van der Waals surface area (Å²) in [7, 11) is 1.74. The van der Waals surface area contributed by atoms with E-state index in [4.69, 9.17) is 4.74 Å². The first-order valence-corrected chi connectivity index (χ1v) is 12.2. The standard InChI is InChI=1S/C29H35N3O4/c1-27(2,3)29(7)30(8)25(34)23(32(29)24(33)19-14-10-9-11-15-19)21-18-31(26(35)36-28(4,5)6)22-17-13-12-16-20(21)22/h9-18,23H,1-8H3/t23-,29+/m0/s1. The van der Waals surface area contributed by atoms with E-state index in [1.165, 1.54) is 4.57 Å². The normalized spacial score (nSPS) is 20.8. The van der Waals surface area contributed by atoms with Crippen LogP contribution >= 0.6 is 0 Å². The van der Waals surface area contributed by atoms with Crippen molar-refractivity contribution in [2.45, 2.75) is 65.8 Å². The molecule has 0 aliphatic carbocycles. The first-order chi connectivity index (χ1) is 16.7. The summed E-state index contributed by atoms with van der Waals surface area (Å²) >= 11 is 0. The molecule has 0 bridgehead atoms. The molecule has 7 nitrogen and oxygen atoms in total. The van der Waals surface area contributed by atoms with Gasteiger partial charge in [-0.25, -0.2) is 4.79 Å². The van der Waals surface area contributed by atoms with E-state index >= 15 is 0 Å². The molecule has 2 atom stereocenters. The molecule has 0 radical (unpaired) electrons. The van der Waals surface area contributed by atoms with Crippen LogP contribution < -0.4 is 0 Å². The highest BCUT2D eigenvalue weighted by atomic mass is 16.6. The second-order valence-electron chi connectivity index (χ2n) is 11.6. The minimum atomic E-state index is -0.934. The lowest BCUT2D eigenvalue weighted by Gasteiger charge is -2.49. The maximum Gasteiger partial charge on any atom is 0.419 e. The maximum absolute atomic E-state index is 14.1. The highest BCUT2D eigenvalue weighted by Crippen LogP contribution is 2.50. The highest BCUT2D eigenvalue weighted by molar-refractivity contribution is 6.03. The first kappa shape index (κ1) is 25.5. The predicted molar refractivity (Wildman–Crippen MR) is 140 cm³/mol. The van der Waals surface area contributed by atoms with Gasteiger partial charge in [0.15, 0.2) is 0 Å². The van der Waals surface area contributed by atoms with Crippen LogP contribution in [0.5, 0.6) is 0 Å². The van der Waals surface area contributed by atoms with Gasteiger partial charge in [0, 0.05) is 35.2 Å². The highest BCUT2D eigenvalue weighted by Gasteiger charge is 2.60. The van der Waals surface area contributed by atoms with Crippen molar-refractivity contribution in [2.75, 3.05) is 7.05 Å². The molecule has 0 spiro atoms. The Morgan fingerprint density at radius 3 is 2.08 bits per heavy atom. The zero-order chi connectivity index (χ0) is 26.6. The number of nitrogens with zero attached hydrogens (tertiary/aromatic N) is 3. The third-order valence-electron chi connectivity index (χ3n) is 7.23. The molecule has 4 rings (SSSR count). The smallest absolute Gasteiger partial charge is 0.419 e. The largest absolute Gasteiger partial charge is 0.443 e. The van der Waals surface area contributed by atoms with Crippen LogP contribution in [0.25, 0.3) is 10.9 Å². The number of hydrogen-bond acceptors (Lipinski definition) is 4. The molecule has 2 amide bonds. The summed E-state index contributed by atoms with van der Waals surface area (Å²) < 4.78 is 7.07. The summed E-state index contributed by atoms with van der Waals surface area (Å²) in [4.78, 5) is 44.6. The number of likely N-dealkylation sites (N-methyl/N-ethyl adjacent to an activating group) is 1. The quantitative estimate of drug-likeness (QED) is 0.453. The molecule has 0 unspecified atom stereocenters. The van der Waals surface area contributed by atoms with E-state index in [9.17, 15) is 14.4 Å². The van der Waals surface area contributed by atoms with Crippen LogP contribution in [0.1, 0.15) is 70.4 Å². The van der Waals surface area contributed by atoms with E-state index in [0.29, 0.717) is 16.6 Å². The molecular weight excluding hydrogens is 454 g/mol. The van der Waals surface area contributed by atoms with Crippen LogP contribution in [0.4, 0.5) is 4.79 Å². The summed E-state index contributed by atoms with van der Waals surface area (Å²) in [6.07, 6.45) is 1.11. The second kappa shape index (κ2) is 8.50. The molecule has 1 aliphatic rings. The fourth-order valence-electron chi connectivity index (χ4n) is 4.98. The Bertz CT molecular complexity index is 1330. The Balaban J connectivity index is 1.96. The molecule has 0 saturated carbocycles. The molecule has 1 saturated heterocycles. The molecule has 36 heavy (non-hydrogen) atoms. The summed E-state index contributed by atoms with van der Waals surface area (Å²) in [5, 5.41) is 0.721. The van der Waals surface area contributed by atoms with Crippen molar-refractivity contribution in [1.29, 1.82) is 0 Å². The van der Waals surface area contributed by atoms with E-state index in [2.05, 4.69) is 0 Å². The number of aromatic nitrogens is 1. The van der Waals surface area contributed by atoms with Crippen LogP contribution in [-0.2, 0) is 9.53 Å². The van der Waals surface area contributed by atoms with Crippen LogP contribution in [0.3, 0.4) is 0 Å². The zero-order valence-electron chi connectivity index (χ0n) is 22.3.